The van der Waals surface area contributed by atoms with Crippen molar-refractivity contribution in [2.45, 2.75) is 38.7 Å². The first kappa shape index (κ1) is 18.2. The summed E-state index contributed by atoms with van der Waals surface area (Å²) in [6.45, 7) is 4.97. The van der Waals surface area contributed by atoms with Crippen LogP contribution in [-0.2, 0) is 22.9 Å². The van der Waals surface area contributed by atoms with Crippen LogP contribution >= 0.6 is 0 Å². The van der Waals surface area contributed by atoms with Crippen LogP contribution in [0.5, 0.6) is 11.5 Å². The van der Waals surface area contributed by atoms with E-state index >= 15 is 0 Å². The Morgan fingerprint density at radius 3 is 2.74 bits per heavy atom. The van der Waals surface area contributed by atoms with Crippen molar-refractivity contribution in [3.8, 4) is 11.5 Å². The summed E-state index contributed by atoms with van der Waals surface area (Å²) in [7, 11) is -3.34. The molecule has 2 aromatic carbocycles. The first-order valence-electron chi connectivity index (χ1n) is 9.38. The fourth-order valence-electron chi connectivity index (χ4n) is 3.83. The van der Waals surface area contributed by atoms with Gasteiger partial charge in [-0.2, -0.15) is 0 Å². The molecule has 0 aliphatic carbocycles. The van der Waals surface area contributed by atoms with Gasteiger partial charge in [0.2, 0.25) is 10.0 Å². The lowest BCUT2D eigenvalue weighted by Crippen LogP contribution is -2.31. The fourth-order valence-corrected chi connectivity index (χ4v) is 5.38. The monoisotopic (exact) mass is 387 g/mol. The van der Waals surface area contributed by atoms with E-state index in [9.17, 15) is 8.42 Å². The second-order valence-electron chi connectivity index (χ2n) is 7.75. The van der Waals surface area contributed by atoms with Crippen molar-refractivity contribution in [3.63, 3.8) is 0 Å². The van der Waals surface area contributed by atoms with Crippen LogP contribution < -0.4 is 13.8 Å². The molecular formula is C21H25NO4S. The SMILES string of the molecule is CC1(C)Cc2cccc(OCCCS(=O)(=O)N3CCc4ccccc43)c2O1. The highest BCUT2D eigenvalue weighted by atomic mass is 32.2. The number of anilines is 1. The van der Waals surface area contributed by atoms with Crippen LogP contribution in [0.2, 0.25) is 0 Å². The van der Waals surface area contributed by atoms with Crippen LogP contribution in [0.1, 0.15) is 31.4 Å². The number of hydrogen-bond acceptors (Lipinski definition) is 4. The third-order valence-electron chi connectivity index (χ3n) is 5.04. The minimum atomic E-state index is -3.34. The second-order valence-corrected chi connectivity index (χ2v) is 9.76. The van der Waals surface area contributed by atoms with Crippen LogP contribution in [0.3, 0.4) is 0 Å². The van der Waals surface area contributed by atoms with Gasteiger partial charge in [0.25, 0.3) is 0 Å². The van der Waals surface area contributed by atoms with Crippen molar-refractivity contribution >= 4 is 15.7 Å². The highest BCUT2D eigenvalue weighted by Gasteiger charge is 2.32. The minimum absolute atomic E-state index is 0.0721. The fraction of sp³-hybridized carbons (Fsp3) is 0.429. The molecule has 0 amide bonds. The van der Waals surface area contributed by atoms with Gasteiger partial charge in [-0.1, -0.05) is 30.3 Å². The summed E-state index contributed by atoms with van der Waals surface area (Å²) < 4.78 is 38.8. The van der Waals surface area contributed by atoms with Gasteiger partial charge in [-0.3, -0.25) is 4.31 Å². The maximum Gasteiger partial charge on any atom is 0.235 e. The van der Waals surface area contributed by atoms with E-state index in [0.29, 0.717) is 25.3 Å². The summed E-state index contributed by atoms with van der Waals surface area (Å²) >= 11 is 0. The van der Waals surface area contributed by atoms with E-state index in [1.54, 1.807) is 0 Å². The number of sulfonamides is 1. The Morgan fingerprint density at radius 1 is 1.11 bits per heavy atom. The van der Waals surface area contributed by atoms with Gasteiger partial charge >= 0.3 is 0 Å². The lowest BCUT2D eigenvalue weighted by Gasteiger charge is -2.20. The van der Waals surface area contributed by atoms with Crippen LogP contribution in [0.25, 0.3) is 0 Å². The quantitative estimate of drug-likeness (QED) is 0.711. The summed E-state index contributed by atoms with van der Waals surface area (Å²) in [5.41, 5.74) is 2.82. The van der Waals surface area contributed by atoms with E-state index in [-0.39, 0.29) is 11.4 Å². The van der Waals surface area contributed by atoms with Crippen molar-refractivity contribution in [2.24, 2.45) is 0 Å². The molecule has 2 aromatic rings. The largest absolute Gasteiger partial charge is 0.490 e. The normalized spacial score (nSPS) is 17.3. The van der Waals surface area contributed by atoms with Gasteiger partial charge < -0.3 is 9.47 Å². The molecule has 6 heteroatoms. The van der Waals surface area contributed by atoms with Gasteiger partial charge in [0, 0.05) is 18.5 Å². The molecule has 144 valence electrons. The third-order valence-corrected chi connectivity index (χ3v) is 6.89. The lowest BCUT2D eigenvalue weighted by atomic mass is 10.0. The summed E-state index contributed by atoms with van der Waals surface area (Å²) in [4.78, 5) is 0. The van der Waals surface area contributed by atoms with Crippen molar-refractivity contribution in [3.05, 3.63) is 53.6 Å². The summed E-state index contributed by atoms with van der Waals surface area (Å²) in [5.74, 6) is 1.56. The molecule has 27 heavy (non-hydrogen) atoms. The molecule has 2 heterocycles. The number of rotatable bonds is 6. The molecule has 0 saturated carbocycles. The van der Waals surface area contributed by atoms with E-state index in [1.165, 1.54) is 4.31 Å². The molecular weight excluding hydrogens is 362 g/mol. The summed E-state index contributed by atoms with van der Waals surface area (Å²) in [5, 5.41) is 0. The average molecular weight is 388 g/mol. The van der Waals surface area contributed by atoms with Gasteiger partial charge in [-0.05, 0) is 44.4 Å². The second kappa shape index (κ2) is 6.75. The Labute approximate surface area is 161 Å². The van der Waals surface area contributed by atoms with Gasteiger partial charge in [-0.15, -0.1) is 0 Å². The number of ether oxygens (including phenoxy) is 2. The molecule has 0 atom stereocenters. The van der Waals surface area contributed by atoms with E-state index < -0.39 is 10.0 Å². The van der Waals surface area contributed by atoms with Gasteiger partial charge in [0.1, 0.15) is 5.60 Å². The van der Waals surface area contributed by atoms with E-state index in [2.05, 4.69) is 13.8 Å². The van der Waals surface area contributed by atoms with Crippen molar-refractivity contribution in [2.75, 3.05) is 23.2 Å². The predicted octanol–water partition coefficient (Wildman–Crippen LogP) is 3.56. The van der Waals surface area contributed by atoms with Crippen LogP contribution in [0.15, 0.2) is 42.5 Å². The number of benzene rings is 2. The van der Waals surface area contributed by atoms with E-state index in [4.69, 9.17) is 9.47 Å². The van der Waals surface area contributed by atoms with Crippen molar-refractivity contribution in [1.82, 2.24) is 0 Å². The highest BCUT2D eigenvalue weighted by Crippen LogP contribution is 2.41. The maximum absolute atomic E-state index is 12.7. The average Bonchev–Trinajstić information content (AvgIpc) is 3.18. The van der Waals surface area contributed by atoms with Gasteiger partial charge in [0.05, 0.1) is 18.0 Å². The number of para-hydroxylation sites is 2. The number of hydrogen-bond donors (Lipinski definition) is 0. The lowest BCUT2D eigenvalue weighted by molar-refractivity contribution is 0.132. The first-order valence-corrected chi connectivity index (χ1v) is 11.0. The summed E-state index contributed by atoms with van der Waals surface area (Å²) in [6.07, 6.45) is 2.06. The molecule has 0 fully saturated rings. The highest BCUT2D eigenvalue weighted by molar-refractivity contribution is 7.92. The van der Waals surface area contributed by atoms with Crippen LogP contribution in [0.4, 0.5) is 5.69 Å². The first-order chi connectivity index (χ1) is 12.9. The molecule has 2 aliphatic rings. The van der Waals surface area contributed by atoms with E-state index in [0.717, 1.165) is 35.4 Å². The molecule has 4 rings (SSSR count). The van der Waals surface area contributed by atoms with Gasteiger partial charge in [-0.25, -0.2) is 8.42 Å². The Hall–Kier alpha value is -2.21. The molecule has 5 nitrogen and oxygen atoms in total. The zero-order chi connectivity index (χ0) is 19.1. The van der Waals surface area contributed by atoms with E-state index in [1.807, 2.05) is 42.5 Å². The van der Waals surface area contributed by atoms with Crippen molar-refractivity contribution < 1.29 is 17.9 Å². The minimum Gasteiger partial charge on any atom is -0.490 e. The number of nitrogens with zero attached hydrogens (tertiary/aromatic N) is 1. The van der Waals surface area contributed by atoms with Crippen molar-refractivity contribution in [1.29, 1.82) is 0 Å². The Kier molecular flexibility index (Phi) is 4.54. The molecule has 2 aliphatic heterocycles. The Balaban J connectivity index is 1.36. The molecule has 0 spiro atoms. The topological polar surface area (TPSA) is 55.8 Å². The Bertz CT molecular complexity index is 952. The maximum atomic E-state index is 12.7. The zero-order valence-electron chi connectivity index (χ0n) is 15.8. The molecule has 0 radical (unpaired) electrons. The zero-order valence-corrected chi connectivity index (χ0v) is 16.6. The number of fused-ring (bicyclic) bond motifs is 2. The standard InChI is InChI=1S/C21H25NO4S/c1-21(2)15-17-8-5-10-19(20(17)26-21)25-13-6-14-27(23,24)22-12-11-16-7-3-4-9-18(16)22/h3-5,7-10H,6,11-15H2,1-2H3. The summed E-state index contributed by atoms with van der Waals surface area (Å²) in [6, 6.07) is 13.6. The molecule has 0 bridgehead atoms. The third kappa shape index (κ3) is 3.63. The predicted molar refractivity (Wildman–Crippen MR) is 106 cm³/mol. The molecule has 0 N–H and O–H groups in total. The smallest absolute Gasteiger partial charge is 0.235 e. The molecule has 0 aromatic heterocycles. The van der Waals surface area contributed by atoms with Crippen LogP contribution in [0, 0.1) is 0 Å². The Morgan fingerprint density at radius 2 is 1.89 bits per heavy atom. The molecule has 0 unspecified atom stereocenters. The molecule has 0 saturated heterocycles. The van der Waals surface area contributed by atoms with Gasteiger partial charge in [0.15, 0.2) is 11.5 Å². The van der Waals surface area contributed by atoms with Crippen LogP contribution in [-0.4, -0.2) is 32.9 Å².